The lowest BCUT2D eigenvalue weighted by Gasteiger charge is -2.21. The summed E-state index contributed by atoms with van der Waals surface area (Å²) < 4.78 is 10.5. The van der Waals surface area contributed by atoms with E-state index in [2.05, 4.69) is 0 Å². The molecule has 0 unspecified atom stereocenters. The second kappa shape index (κ2) is 4.82. The van der Waals surface area contributed by atoms with E-state index in [1.807, 2.05) is 50.3 Å². The van der Waals surface area contributed by atoms with E-state index < -0.39 is 5.79 Å². The van der Waals surface area contributed by atoms with Crippen LogP contribution in [0.1, 0.15) is 19.4 Å². The molecule has 76 valence electrons. The highest BCUT2D eigenvalue weighted by molar-refractivity contribution is 5.47. The highest BCUT2D eigenvalue weighted by Gasteiger charge is 2.14. The average Bonchev–Trinajstić information content (AvgIpc) is 2.19. The van der Waals surface area contributed by atoms with Crippen LogP contribution in [0.15, 0.2) is 36.6 Å². The van der Waals surface area contributed by atoms with Gasteiger partial charge in [0.1, 0.15) is 0 Å². The lowest BCUT2D eigenvalue weighted by atomic mass is 10.2. The molecule has 0 aliphatic rings. The third-order valence-electron chi connectivity index (χ3n) is 1.90. The lowest BCUT2D eigenvalue weighted by Crippen LogP contribution is -2.23. The van der Waals surface area contributed by atoms with Crippen molar-refractivity contribution < 1.29 is 9.47 Å². The Morgan fingerprint density at radius 2 is 1.79 bits per heavy atom. The zero-order valence-corrected chi connectivity index (χ0v) is 8.86. The molecule has 0 bridgehead atoms. The maximum absolute atomic E-state index is 5.38. The number of rotatable bonds is 4. The number of methoxy groups -OCH3 is 1. The fraction of sp³-hybridized carbons (Fsp3) is 0.333. The predicted octanol–water partition coefficient (Wildman–Crippen LogP) is 3.06. The van der Waals surface area contributed by atoms with Gasteiger partial charge in [0.25, 0.3) is 0 Å². The second-order valence-electron chi connectivity index (χ2n) is 3.44. The maximum atomic E-state index is 5.38. The fourth-order valence-electron chi connectivity index (χ4n) is 0.889. The van der Waals surface area contributed by atoms with Crippen molar-refractivity contribution >= 4 is 6.08 Å². The second-order valence-corrected chi connectivity index (χ2v) is 3.44. The number of hydrogen-bond acceptors (Lipinski definition) is 2. The quantitative estimate of drug-likeness (QED) is 0.539. The van der Waals surface area contributed by atoms with Crippen molar-refractivity contribution in [2.75, 3.05) is 7.11 Å². The molecular formula is C12H16O2. The number of hydrogen-bond donors (Lipinski definition) is 0. The van der Waals surface area contributed by atoms with Crippen molar-refractivity contribution in [1.82, 2.24) is 0 Å². The van der Waals surface area contributed by atoms with E-state index in [4.69, 9.17) is 9.47 Å². The molecule has 2 heteroatoms. The van der Waals surface area contributed by atoms with E-state index in [0.717, 1.165) is 5.56 Å². The Labute approximate surface area is 85.2 Å². The molecule has 0 aliphatic heterocycles. The minimum absolute atomic E-state index is 0.564. The summed E-state index contributed by atoms with van der Waals surface area (Å²) in [7, 11) is 1.62. The standard InChI is InChI=1S/C12H16O2/c1-12(2,13-3)14-10-9-11-7-5-4-6-8-11/h4-10H,1-3H3. The van der Waals surface area contributed by atoms with Crippen LogP contribution in [0.25, 0.3) is 6.08 Å². The Morgan fingerprint density at radius 3 is 2.36 bits per heavy atom. The normalized spacial score (nSPS) is 11.9. The van der Waals surface area contributed by atoms with E-state index in [-0.39, 0.29) is 0 Å². The molecule has 0 amide bonds. The van der Waals surface area contributed by atoms with Crippen LogP contribution in [0.4, 0.5) is 0 Å². The third-order valence-corrected chi connectivity index (χ3v) is 1.90. The molecular weight excluding hydrogens is 176 g/mol. The summed E-state index contributed by atoms with van der Waals surface area (Å²) in [6, 6.07) is 9.99. The average molecular weight is 192 g/mol. The molecule has 0 N–H and O–H groups in total. The monoisotopic (exact) mass is 192 g/mol. The summed E-state index contributed by atoms with van der Waals surface area (Å²) in [6.45, 7) is 3.73. The molecule has 0 saturated heterocycles. The molecule has 0 aliphatic carbocycles. The molecule has 0 saturated carbocycles. The van der Waals surface area contributed by atoms with Crippen molar-refractivity contribution in [2.24, 2.45) is 0 Å². The molecule has 0 fully saturated rings. The zero-order chi connectivity index (χ0) is 10.4. The molecule has 0 spiro atoms. The van der Waals surface area contributed by atoms with E-state index in [1.165, 1.54) is 0 Å². The molecule has 0 heterocycles. The van der Waals surface area contributed by atoms with Gasteiger partial charge in [0.05, 0.1) is 6.26 Å². The molecule has 0 aromatic heterocycles. The van der Waals surface area contributed by atoms with E-state index in [0.29, 0.717) is 0 Å². The first kappa shape index (κ1) is 10.8. The summed E-state index contributed by atoms with van der Waals surface area (Å²) >= 11 is 0. The van der Waals surface area contributed by atoms with Gasteiger partial charge in [0.2, 0.25) is 5.79 Å². The Bertz CT molecular complexity index is 288. The molecule has 0 radical (unpaired) electrons. The van der Waals surface area contributed by atoms with Crippen LogP contribution in [-0.4, -0.2) is 12.9 Å². The SMILES string of the molecule is COC(C)(C)OC=Cc1ccccc1. The van der Waals surface area contributed by atoms with E-state index in [9.17, 15) is 0 Å². The molecule has 14 heavy (non-hydrogen) atoms. The first-order chi connectivity index (χ1) is 6.64. The summed E-state index contributed by atoms with van der Waals surface area (Å²) in [5, 5.41) is 0. The van der Waals surface area contributed by atoms with Gasteiger partial charge in [-0.15, -0.1) is 0 Å². The largest absolute Gasteiger partial charge is 0.471 e. The van der Waals surface area contributed by atoms with Crippen molar-refractivity contribution in [3.63, 3.8) is 0 Å². The van der Waals surface area contributed by atoms with Crippen LogP contribution < -0.4 is 0 Å². The van der Waals surface area contributed by atoms with Gasteiger partial charge in [0.15, 0.2) is 0 Å². The van der Waals surface area contributed by atoms with Crippen LogP contribution in [0.5, 0.6) is 0 Å². The van der Waals surface area contributed by atoms with Gasteiger partial charge in [0, 0.05) is 21.0 Å². The minimum Gasteiger partial charge on any atom is -0.471 e. The van der Waals surface area contributed by atoms with Gasteiger partial charge in [-0.1, -0.05) is 30.3 Å². The molecule has 1 aromatic rings. The lowest BCUT2D eigenvalue weighted by molar-refractivity contribution is -0.160. The third kappa shape index (κ3) is 3.62. The van der Waals surface area contributed by atoms with Gasteiger partial charge < -0.3 is 9.47 Å². The molecule has 0 atom stereocenters. The highest BCUT2D eigenvalue weighted by atomic mass is 16.7. The van der Waals surface area contributed by atoms with Gasteiger partial charge >= 0.3 is 0 Å². The van der Waals surface area contributed by atoms with E-state index in [1.54, 1.807) is 13.4 Å². The van der Waals surface area contributed by atoms with Crippen molar-refractivity contribution in [1.29, 1.82) is 0 Å². The van der Waals surface area contributed by atoms with Gasteiger partial charge in [-0.2, -0.15) is 0 Å². The molecule has 2 nitrogen and oxygen atoms in total. The zero-order valence-electron chi connectivity index (χ0n) is 8.86. The van der Waals surface area contributed by atoms with Gasteiger partial charge in [-0.3, -0.25) is 0 Å². The number of ether oxygens (including phenoxy) is 2. The highest BCUT2D eigenvalue weighted by Crippen LogP contribution is 2.11. The summed E-state index contributed by atoms with van der Waals surface area (Å²) in [6.07, 6.45) is 3.56. The Kier molecular flexibility index (Phi) is 3.72. The number of benzene rings is 1. The first-order valence-electron chi connectivity index (χ1n) is 4.58. The topological polar surface area (TPSA) is 18.5 Å². The van der Waals surface area contributed by atoms with Crippen LogP contribution >= 0.6 is 0 Å². The maximum Gasteiger partial charge on any atom is 0.203 e. The first-order valence-corrected chi connectivity index (χ1v) is 4.58. The molecule has 1 aromatic carbocycles. The van der Waals surface area contributed by atoms with Crippen LogP contribution in [0.2, 0.25) is 0 Å². The van der Waals surface area contributed by atoms with Crippen LogP contribution in [0.3, 0.4) is 0 Å². The van der Waals surface area contributed by atoms with Crippen molar-refractivity contribution in [2.45, 2.75) is 19.6 Å². The summed E-state index contributed by atoms with van der Waals surface area (Å²) in [5.41, 5.74) is 1.11. The Morgan fingerprint density at radius 1 is 1.14 bits per heavy atom. The minimum atomic E-state index is -0.564. The van der Waals surface area contributed by atoms with Gasteiger partial charge in [-0.25, -0.2) is 0 Å². The Balaban J connectivity index is 2.50. The summed E-state index contributed by atoms with van der Waals surface area (Å²) in [4.78, 5) is 0. The van der Waals surface area contributed by atoms with Crippen molar-refractivity contribution in [3.05, 3.63) is 42.2 Å². The van der Waals surface area contributed by atoms with Crippen molar-refractivity contribution in [3.8, 4) is 0 Å². The van der Waals surface area contributed by atoms with Gasteiger partial charge in [-0.05, 0) is 11.6 Å². The van der Waals surface area contributed by atoms with E-state index >= 15 is 0 Å². The smallest absolute Gasteiger partial charge is 0.203 e. The predicted molar refractivity (Wildman–Crippen MR) is 57.6 cm³/mol. The summed E-state index contributed by atoms with van der Waals surface area (Å²) in [5.74, 6) is -0.564. The van der Waals surface area contributed by atoms with Crippen LogP contribution in [0, 0.1) is 0 Å². The Hall–Kier alpha value is -1.28. The van der Waals surface area contributed by atoms with Crippen LogP contribution in [-0.2, 0) is 9.47 Å². The fourth-order valence-corrected chi connectivity index (χ4v) is 0.889. The molecule has 1 rings (SSSR count).